The molecule has 0 atom stereocenters. The lowest BCUT2D eigenvalue weighted by atomic mass is 10.1. The standard InChI is InChI=1S/C16H18N4O/c1-3-9-21-14-10-12(6-7-13(14)17)16-19-18-15-11(2)5-4-8-20(15)16/h4-8,10H,3,9,17H2,1-2H3. The van der Waals surface area contributed by atoms with Gasteiger partial charge in [0.15, 0.2) is 11.5 Å². The van der Waals surface area contributed by atoms with Gasteiger partial charge in [-0.15, -0.1) is 10.2 Å². The quantitative estimate of drug-likeness (QED) is 0.747. The molecule has 5 nitrogen and oxygen atoms in total. The number of hydrogen-bond acceptors (Lipinski definition) is 4. The molecule has 3 rings (SSSR count). The fourth-order valence-corrected chi connectivity index (χ4v) is 2.26. The maximum absolute atomic E-state index is 5.95. The normalized spacial score (nSPS) is 11.0. The molecule has 5 heteroatoms. The molecule has 0 aliphatic heterocycles. The highest BCUT2D eigenvalue weighted by atomic mass is 16.5. The zero-order chi connectivity index (χ0) is 14.8. The van der Waals surface area contributed by atoms with Gasteiger partial charge in [0.2, 0.25) is 0 Å². The summed E-state index contributed by atoms with van der Waals surface area (Å²) >= 11 is 0. The van der Waals surface area contributed by atoms with Crippen molar-refractivity contribution in [3.05, 3.63) is 42.1 Å². The summed E-state index contributed by atoms with van der Waals surface area (Å²) in [5.41, 5.74) is 9.48. The predicted octanol–water partition coefficient (Wildman–Crippen LogP) is 3.08. The van der Waals surface area contributed by atoms with Gasteiger partial charge in [0, 0.05) is 11.8 Å². The number of benzene rings is 1. The van der Waals surface area contributed by atoms with Crippen molar-refractivity contribution in [1.82, 2.24) is 14.6 Å². The number of nitrogen functional groups attached to an aromatic ring is 1. The lowest BCUT2D eigenvalue weighted by molar-refractivity contribution is 0.319. The number of ether oxygens (including phenoxy) is 1. The van der Waals surface area contributed by atoms with Crippen LogP contribution in [0.5, 0.6) is 5.75 Å². The molecule has 0 fully saturated rings. The third-order valence-electron chi connectivity index (χ3n) is 3.36. The highest BCUT2D eigenvalue weighted by Gasteiger charge is 2.11. The Morgan fingerprint density at radius 3 is 2.90 bits per heavy atom. The molecule has 0 amide bonds. The molecule has 0 saturated carbocycles. The van der Waals surface area contributed by atoms with Crippen molar-refractivity contribution in [1.29, 1.82) is 0 Å². The molecular formula is C16H18N4O. The fourth-order valence-electron chi connectivity index (χ4n) is 2.26. The first-order valence-electron chi connectivity index (χ1n) is 7.03. The molecule has 0 spiro atoms. The van der Waals surface area contributed by atoms with Crippen LogP contribution < -0.4 is 10.5 Å². The molecule has 2 heterocycles. The van der Waals surface area contributed by atoms with Crippen molar-refractivity contribution < 1.29 is 4.74 Å². The van der Waals surface area contributed by atoms with E-state index in [9.17, 15) is 0 Å². The van der Waals surface area contributed by atoms with Crippen molar-refractivity contribution in [2.45, 2.75) is 20.3 Å². The van der Waals surface area contributed by atoms with Gasteiger partial charge >= 0.3 is 0 Å². The van der Waals surface area contributed by atoms with Gasteiger partial charge in [0.1, 0.15) is 5.75 Å². The van der Waals surface area contributed by atoms with E-state index < -0.39 is 0 Å². The SMILES string of the molecule is CCCOc1cc(-c2nnc3c(C)cccn23)ccc1N. The first-order chi connectivity index (χ1) is 10.2. The van der Waals surface area contributed by atoms with E-state index in [1.807, 2.05) is 47.9 Å². The second-order valence-electron chi connectivity index (χ2n) is 5.01. The summed E-state index contributed by atoms with van der Waals surface area (Å²) in [7, 11) is 0. The molecule has 0 saturated heterocycles. The smallest absolute Gasteiger partial charge is 0.168 e. The number of rotatable bonds is 4. The third kappa shape index (κ3) is 2.42. The number of nitrogens with zero attached hydrogens (tertiary/aromatic N) is 3. The van der Waals surface area contributed by atoms with Crippen molar-refractivity contribution in [2.75, 3.05) is 12.3 Å². The number of pyridine rings is 1. The van der Waals surface area contributed by atoms with E-state index in [2.05, 4.69) is 17.1 Å². The van der Waals surface area contributed by atoms with Gasteiger partial charge in [-0.2, -0.15) is 0 Å². The van der Waals surface area contributed by atoms with Crippen molar-refractivity contribution >= 4 is 11.3 Å². The lowest BCUT2D eigenvalue weighted by Gasteiger charge is -2.09. The lowest BCUT2D eigenvalue weighted by Crippen LogP contribution is -2.00. The first kappa shape index (κ1) is 13.4. The molecular weight excluding hydrogens is 264 g/mol. The summed E-state index contributed by atoms with van der Waals surface area (Å²) in [6.07, 6.45) is 2.90. The Bertz CT molecular complexity index is 779. The zero-order valence-corrected chi connectivity index (χ0v) is 12.2. The predicted molar refractivity (Wildman–Crippen MR) is 83.4 cm³/mol. The van der Waals surface area contributed by atoms with E-state index in [-0.39, 0.29) is 0 Å². The van der Waals surface area contributed by atoms with E-state index in [0.29, 0.717) is 18.0 Å². The van der Waals surface area contributed by atoms with Crippen LogP contribution in [0, 0.1) is 6.92 Å². The Morgan fingerprint density at radius 2 is 2.10 bits per heavy atom. The van der Waals surface area contributed by atoms with Crippen LogP contribution in [0.15, 0.2) is 36.5 Å². The summed E-state index contributed by atoms with van der Waals surface area (Å²) in [4.78, 5) is 0. The number of anilines is 1. The topological polar surface area (TPSA) is 65.4 Å². The Hall–Kier alpha value is -2.56. The average molecular weight is 282 g/mol. The van der Waals surface area contributed by atoms with Crippen LogP contribution in [-0.4, -0.2) is 21.2 Å². The van der Waals surface area contributed by atoms with Gasteiger partial charge in [0.05, 0.1) is 12.3 Å². The van der Waals surface area contributed by atoms with Gasteiger partial charge in [-0.1, -0.05) is 13.0 Å². The van der Waals surface area contributed by atoms with Gasteiger partial charge in [-0.3, -0.25) is 4.40 Å². The van der Waals surface area contributed by atoms with Crippen molar-refractivity contribution in [3.8, 4) is 17.1 Å². The molecule has 0 unspecified atom stereocenters. The molecule has 3 aromatic rings. The summed E-state index contributed by atoms with van der Waals surface area (Å²) in [5.74, 6) is 1.48. The largest absolute Gasteiger partial charge is 0.491 e. The molecule has 2 N–H and O–H groups in total. The molecule has 0 radical (unpaired) electrons. The molecule has 1 aromatic carbocycles. The van der Waals surface area contributed by atoms with Crippen molar-refractivity contribution in [3.63, 3.8) is 0 Å². The van der Waals surface area contributed by atoms with E-state index in [4.69, 9.17) is 10.5 Å². The van der Waals surface area contributed by atoms with Gasteiger partial charge in [-0.25, -0.2) is 0 Å². The summed E-state index contributed by atoms with van der Waals surface area (Å²) in [6.45, 7) is 4.73. The van der Waals surface area contributed by atoms with Gasteiger partial charge in [0.25, 0.3) is 0 Å². The molecule has 21 heavy (non-hydrogen) atoms. The number of aryl methyl sites for hydroxylation is 1. The van der Waals surface area contributed by atoms with Gasteiger partial charge in [-0.05, 0) is 43.2 Å². The summed E-state index contributed by atoms with van der Waals surface area (Å²) in [5, 5.41) is 8.54. The molecule has 108 valence electrons. The van der Waals surface area contributed by atoms with E-state index >= 15 is 0 Å². The Morgan fingerprint density at radius 1 is 1.24 bits per heavy atom. The summed E-state index contributed by atoms with van der Waals surface area (Å²) < 4.78 is 7.65. The van der Waals surface area contributed by atoms with Crippen LogP contribution in [0.2, 0.25) is 0 Å². The van der Waals surface area contributed by atoms with Crippen LogP contribution in [-0.2, 0) is 0 Å². The minimum Gasteiger partial charge on any atom is -0.491 e. The molecule has 2 aromatic heterocycles. The number of fused-ring (bicyclic) bond motifs is 1. The van der Waals surface area contributed by atoms with Crippen molar-refractivity contribution in [2.24, 2.45) is 0 Å². The Labute approximate surface area is 123 Å². The maximum atomic E-state index is 5.95. The minimum absolute atomic E-state index is 0.636. The van der Waals surface area contributed by atoms with Crippen LogP contribution in [0.4, 0.5) is 5.69 Å². The second kappa shape index (κ2) is 5.44. The van der Waals surface area contributed by atoms with Gasteiger partial charge < -0.3 is 10.5 Å². The minimum atomic E-state index is 0.636. The average Bonchev–Trinajstić information content (AvgIpc) is 2.92. The number of hydrogen-bond donors (Lipinski definition) is 1. The Balaban J connectivity index is 2.08. The highest BCUT2D eigenvalue weighted by Crippen LogP contribution is 2.28. The number of aromatic nitrogens is 3. The van der Waals surface area contributed by atoms with Crippen LogP contribution in [0.1, 0.15) is 18.9 Å². The number of nitrogens with two attached hydrogens (primary N) is 1. The summed E-state index contributed by atoms with van der Waals surface area (Å²) in [6, 6.07) is 9.71. The Kier molecular flexibility index (Phi) is 3.48. The van der Waals surface area contributed by atoms with E-state index in [1.54, 1.807) is 0 Å². The monoisotopic (exact) mass is 282 g/mol. The van der Waals surface area contributed by atoms with E-state index in [0.717, 1.165) is 29.0 Å². The van der Waals surface area contributed by atoms with Crippen LogP contribution in [0.25, 0.3) is 17.0 Å². The third-order valence-corrected chi connectivity index (χ3v) is 3.36. The molecule has 0 aliphatic carbocycles. The first-order valence-corrected chi connectivity index (χ1v) is 7.03. The second-order valence-corrected chi connectivity index (χ2v) is 5.01. The molecule has 0 bridgehead atoms. The van der Waals surface area contributed by atoms with E-state index in [1.165, 1.54) is 0 Å². The zero-order valence-electron chi connectivity index (χ0n) is 12.2. The van der Waals surface area contributed by atoms with Crippen LogP contribution in [0.3, 0.4) is 0 Å². The fraction of sp³-hybridized carbons (Fsp3) is 0.250. The maximum Gasteiger partial charge on any atom is 0.168 e. The highest BCUT2D eigenvalue weighted by molar-refractivity contribution is 5.67. The van der Waals surface area contributed by atoms with Crippen LogP contribution >= 0.6 is 0 Å². The molecule has 0 aliphatic rings.